The molecule has 0 aliphatic carbocycles. The van der Waals surface area contributed by atoms with E-state index in [0.717, 1.165) is 0 Å². The van der Waals surface area contributed by atoms with Crippen LogP contribution in [0.3, 0.4) is 0 Å². The third-order valence-electron chi connectivity index (χ3n) is 2.51. The summed E-state index contributed by atoms with van der Waals surface area (Å²) < 4.78 is 5.17. The van der Waals surface area contributed by atoms with Gasteiger partial charge in [0.15, 0.2) is 0 Å². The van der Waals surface area contributed by atoms with Gasteiger partial charge in [0.05, 0.1) is 12.8 Å². The number of hydrogen-bond acceptors (Lipinski definition) is 3. The highest BCUT2D eigenvalue weighted by Gasteiger charge is 2.09. The van der Waals surface area contributed by atoms with E-state index >= 15 is 0 Å². The normalized spacial score (nSPS) is 9.83. The predicted octanol–water partition coefficient (Wildman–Crippen LogP) is 2.53. The second kappa shape index (κ2) is 5.23. The monoisotopic (exact) mass is 242 g/mol. The Morgan fingerprint density at radius 3 is 2.56 bits per heavy atom. The predicted molar refractivity (Wildman–Crippen MR) is 71.8 cm³/mol. The Kier molecular flexibility index (Phi) is 3.48. The Hall–Kier alpha value is -2.49. The maximum absolute atomic E-state index is 12.0. The molecular weight excluding hydrogens is 228 g/mol. The van der Waals surface area contributed by atoms with E-state index in [0.29, 0.717) is 22.7 Å². The van der Waals surface area contributed by atoms with Crippen molar-refractivity contribution in [2.75, 3.05) is 18.2 Å². The number of nitrogens with two attached hydrogens (primary N) is 1. The third kappa shape index (κ3) is 2.60. The molecule has 0 unspecified atom stereocenters. The summed E-state index contributed by atoms with van der Waals surface area (Å²) in [7, 11) is 1.53. The lowest BCUT2D eigenvalue weighted by molar-refractivity contribution is 0.102. The molecule has 0 fully saturated rings. The zero-order valence-electron chi connectivity index (χ0n) is 10.0. The first kappa shape index (κ1) is 12.0. The van der Waals surface area contributed by atoms with Crippen LogP contribution in [0.5, 0.6) is 5.75 Å². The molecule has 0 radical (unpaired) electrons. The number of methoxy groups -OCH3 is 1. The minimum Gasteiger partial charge on any atom is -0.494 e. The molecule has 0 bridgehead atoms. The Balaban J connectivity index is 2.22. The van der Waals surface area contributed by atoms with E-state index in [1.807, 2.05) is 18.2 Å². The van der Waals surface area contributed by atoms with Crippen LogP contribution in [0.25, 0.3) is 0 Å². The van der Waals surface area contributed by atoms with Crippen molar-refractivity contribution in [2.24, 2.45) is 0 Å². The van der Waals surface area contributed by atoms with Crippen molar-refractivity contribution in [3.8, 4) is 5.75 Å². The van der Waals surface area contributed by atoms with Crippen LogP contribution in [0.15, 0.2) is 48.5 Å². The summed E-state index contributed by atoms with van der Waals surface area (Å²) in [5.41, 5.74) is 7.43. The zero-order valence-corrected chi connectivity index (χ0v) is 10.0. The van der Waals surface area contributed by atoms with Crippen LogP contribution in [0, 0.1) is 0 Å². The van der Waals surface area contributed by atoms with Gasteiger partial charge in [0.2, 0.25) is 0 Å². The smallest absolute Gasteiger partial charge is 0.255 e. The third-order valence-corrected chi connectivity index (χ3v) is 2.51. The van der Waals surface area contributed by atoms with Gasteiger partial charge < -0.3 is 15.8 Å². The Morgan fingerprint density at radius 2 is 1.89 bits per heavy atom. The molecule has 0 spiro atoms. The quantitative estimate of drug-likeness (QED) is 0.813. The van der Waals surface area contributed by atoms with E-state index in [2.05, 4.69) is 5.32 Å². The average Bonchev–Trinajstić information content (AvgIpc) is 2.41. The van der Waals surface area contributed by atoms with E-state index in [1.165, 1.54) is 7.11 Å². The molecule has 92 valence electrons. The molecule has 2 aromatic carbocycles. The Bertz CT molecular complexity index is 553. The molecule has 0 aromatic heterocycles. The number of hydrogen-bond donors (Lipinski definition) is 2. The molecule has 0 aliphatic heterocycles. The molecule has 18 heavy (non-hydrogen) atoms. The lowest BCUT2D eigenvalue weighted by atomic mass is 10.2. The van der Waals surface area contributed by atoms with E-state index in [4.69, 9.17) is 10.5 Å². The van der Waals surface area contributed by atoms with Gasteiger partial charge in [0.1, 0.15) is 5.75 Å². The number of carbonyl (C=O) groups is 1. The van der Waals surface area contributed by atoms with Crippen molar-refractivity contribution in [3.63, 3.8) is 0 Å². The highest BCUT2D eigenvalue weighted by atomic mass is 16.5. The van der Waals surface area contributed by atoms with Crippen LogP contribution in [0.1, 0.15) is 10.4 Å². The second-order valence-corrected chi connectivity index (χ2v) is 3.78. The lowest BCUT2D eigenvalue weighted by Crippen LogP contribution is -2.12. The van der Waals surface area contributed by atoms with Gasteiger partial charge in [-0.2, -0.15) is 0 Å². The number of ether oxygens (including phenoxy) is 1. The summed E-state index contributed by atoms with van der Waals surface area (Å²) in [5, 5.41) is 2.79. The number of carbonyl (C=O) groups excluding carboxylic acids is 1. The van der Waals surface area contributed by atoms with Gasteiger partial charge >= 0.3 is 0 Å². The first-order chi connectivity index (χ1) is 8.70. The molecule has 0 heterocycles. The molecule has 3 N–H and O–H groups in total. The van der Waals surface area contributed by atoms with Crippen molar-refractivity contribution in [1.29, 1.82) is 0 Å². The summed E-state index contributed by atoms with van der Waals surface area (Å²) in [6.07, 6.45) is 0. The van der Waals surface area contributed by atoms with Crippen molar-refractivity contribution >= 4 is 17.3 Å². The Labute approximate surface area is 105 Å². The number of amides is 1. The standard InChI is InChI=1S/C14H14N2O2/c1-18-13-9-11(15)7-8-12(13)16-14(17)10-5-3-2-4-6-10/h2-9H,15H2,1H3,(H,16,17). The maximum atomic E-state index is 12.0. The van der Waals surface area contributed by atoms with Crippen molar-refractivity contribution in [3.05, 3.63) is 54.1 Å². The van der Waals surface area contributed by atoms with Crippen LogP contribution in [-0.2, 0) is 0 Å². The van der Waals surface area contributed by atoms with Gasteiger partial charge in [-0.05, 0) is 24.3 Å². The van der Waals surface area contributed by atoms with Crippen molar-refractivity contribution in [1.82, 2.24) is 0 Å². The van der Waals surface area contributed by atoms with Crippen LogP contribution >= 0.6 is 0 Å². The van der Waals surface area contributed by atoms with Crippen LogP contribution in [-0.4, -0.2) is 13.0 Å². The molecular formula is C14H14N2O2. The van der Waals surface area contributed by atoms with E-state index in [1.54, 1.807) is 30.3 Å². The summed E-state index contributed by atoms with van der Waals surface area (Å²) in [4.78, 5) is 12.0. The fraction of sp³-hybridized carbons (Fsp3) is 0.0714. The first-order valence-electron chi connectivity index (χ1n) is 5.50. The van der Waals surface area contributed by atoms with Gasteiger partial charge in [-0.3, -0.25) is 4.79 Å². The lowest BCUT2D eigenvalue weighted by Gasteiger charge is -2.10. The molecule has 2 rings (SSSR count). The largest absolute Gasteiger partial charge is 0.494 e. The molecule has 0 atom stereocenters. The summed E-state index contributed by atoms with van der Waals surface area (Å²) >= 11 is 0. The molecule has 2 aromatic rings. The van der Waals surface area contributed by atoms with Gasteiger partial charge in [-0.25, -0.2) is 0 Å². The summed E-state index contributed by atoms with van der Waals surface area (Å²) in [5.74, 6) is 0.359. The van der Waals surface area contributed by atoms with Crippen LogP contribution in [0.2, 0.25) is 0 Å². The molecule has 4 heteroatoms. The topological polar surface area (TPSA) is 64.3 Å². The maximum Gasteiger partial charge on any atom is 0.255 e. The second-order valence-electron chi connectivity index (χ2n) is 3.78. The zero-order chi connectivity index (χ0) is 13.0. The van der Waals surface area contributed by atoms with Crippen molar-refractivity contribution in [2.45, 2.75) is 0 Å². The van der Waals surface area contributed by atoms with Crippen molar-refractivity contribution < 1.29 is 9.53 Å². The molecule has 0 saturated heterocycles. The Morgan fingerprint density at radius 1 is 1.17 bits per heavy atom. The van der Waals surface area contributed by atoms with Gasteiger partial charge in [0.25, 0.3) is 5.91 Å². The first-order valence-corrected chi connectivity index (χ1v) is 5.50. The van der Waals surface area contributed by atoms with Crippen LogP contribution < -0.4 is 15.8 Å². The van der Waals surface area contributed by atoms with Crippen LogP contribution in [0.4, 0.5) is 11.4 Å². The number of anilines is 2. The summed E-state index contributed by atoms with van der Waals surface area (Å²) in [6.45, 7) is 0. The highest BCUT2D eigenvalue weighted by molar-refractivity contribution is 6.05. The number of nitrogen functional groups attached to an aromatic ring is 1. The van der Waals surface area contributed by atoms with E-state index < -0.39 is 0 Å². The fourth-order valence-corrected chi connectivity index (χ4v) is 1.60. The van der Waals surface area contributed by atoms with E-state index in [-0.39, 0.29) is 5.91 Å². The number of rotatable bonds is 3. The fourth-order valence-electron chi connectivity index (χ4n) is 1.60. The minimum atomic E-state index is -0.182. The van der Waals surface area contributed by atoms with Gasteiger partial charge in [-0.1, -0.05) is 18.2 Å². The molecule has 1 amide bonds. The SMILES string of the molecule is COc1cc(N)ccc1NC(=O)c1ccccc1. The average molecular weight is 242 g/mol. The molecule has 4 nitrogen and oxygen atoms in total. The van der Waals surface area contributed by atoms with E-state index in [9.17, 15) is 4.79 Å². The molecule has 0 saturated carbocycles. The van der Waals surface area contributed by atoms with Gasteiger partial charge in [-0.15, -0.1) is 0 Å². The number of nitrogens with one attached hydrogen (secondary N) is 1. The molecule has 0 aliphatic rings. The minimum absolute atomic E-state index is 0.182. The van der Waals surface area contributed by atoms with Gasteiger partial charge in [0, 0.05) is 17.3 Å². The number of benzene rings is 2. The summed E-state index contributed by atoms with van der Waals surface area (Å²) in [6, 6.07) is 14.1. The highest BCUT2D eigenvalue weighted by Crippen LogP contribution is 2.26.